The molecule has 5 rings (SSSR count). The van der Waals surface area contributed by atoms with E-state index in [0.29, 0.717) is 29.0 Å². The van der Waals surface area contributed by atoms with Crippen LogP contribution in [0, 0.1) is 0 Å². The maximum atomic E-state index is 13.7. The Labute approximate surface area is 202 Å². The molecule has 0 N–H and O–H groups in total. The number of nitrogens with zero attached hydrogens (tertiary/aromatic N) is 3. The molecule has 0 atom stereocenters. The van der Waals surface area contributed by atoms with Crippen molar-refractivity contribution in [2.45, 2.75) is 18.4 Å². The molecule has 0 aromatic heterocycles. The van der Waals surface area contributed by atoms with Crippen molar-refractivity contribution in [3.8, 4) is 5.75 Å². The Bertz CT molecular complexity index is 1260. The fourth-order valence-corrected chi connectivity index (χ4v) is 6.09. The summed E-state index contributed by atoms with van der Waals surface area (Å²) in [7, 11) is 2.01. The summed E-state index contributed by atoms with van der Waals surface area (Å²) in [5, 5.41) is 1.59. The Balaban J connectivity index is 1.57. The first-order chi connectivity index (χ1) is 16.2. The maximum Gasteiger partial charge on any atom is 0.269 e. The minimum Gasteiger partial charge on any atom is -0.492 e. The van der Waals surface area contributed by atoms with Gasteiger partial charge in [-0.2, -0.15) is 0 Å². The first-order valence-electron chi connectivity index (χ1n) is 10.7. The third-order valence-corrected chi connectivity index (χ3v) is 7.79. The van der Waals surface area contributed by atoms with Crippen molar-refractivity contribution < 1.29 is 9.53 Å². The maximum absolute atomic E-state index is 13.7. The normalized spacial score (nSPS) is 18.8. The molecule has 2 aliphatic heterocycles. The highest BCUT2D eigenvalue weighted by atomic mass is 32.2. The van der Waals surface area contributed by atoms with Gasteiger partial charge in [0.15, 0.2) is 5.17 Å². The molecule has 2 heterocycles. The van der Waals surface area contributed by atoms with Gasteiger partial charge >= 0.3 is 0 Å². The Kier molecular flexibility index (Phi) is 6.15. The summed E-state index contributed by atoms with van der Waals surface area (Å²) < 4.78 is 5.77. The van der Waals surface area contributed by atoms with E-state index < -0.39 is 0 Å². The van der Waals surface area contributed by atoms with Crippen LogP contribution in [-0.4, -0.2) is 29.6 Å². The number of benzene rings is 3. The molecule has 2 aliphatic rings. The van der Waals surface area contributed by atoms with E-state index in [9.17, 15) is 4.79 Å². The number of thioether (sulfide) groups is 2. The number of amidine groups is 1. The number of rotatable bonds is 5. The number of para-hydroxylation sites is 3. The zero-order valence-corrected chi connectivity index (χ0v) is 20.0. The summed E-state index contributed by atoms with van der Waals surface area (Å²) in [5.41, 5.74) is 2.88. The lowest BCUT2D eigenvalue weighted by atomic mass is 10.2. The number of fused-ring (bicyclic) bond motifs is 1. The zero-order valence-electron chi connectivity index (χ0n) is 18.4. The molecule has 0 saturated carbocycles. The van der Waals surface area contributed by atoms with Crippen LogP contribution in [0.1, 0.15) is 12.5 Å². The van der Waals surface area contributed by atoms with E-state index in [1.807, 2.05) is 80.7 Å². The second-order valence-electron chi connectivity index (χ2n) is 7.54. The summed E-state index contributed by atoms with van der Waals surface area (Å²) in [4.78, 5) is 24.3. The molecule has 0 radical (unpaired) electrons. The average molecular weight is 474 g/mol. The molecule has 1 fully saturated rings. The number of hydrogen-bond donors (Lipinski definition) is 0. The number of ether oxygens (including phenoxy) is 1. The third kappa shape index (κ3) is 4.26. The van der Waals surface area contributed by atoms with Gasteiger partial charge in [0.1, 0.15) is 16.3 Å². The number of anilines is 1. The van der Waals surface area contributed by atoms with E-state index in [1.165, 1.54) is 11.8 Å². The van der Waals surface area contributed by atoms with E-state index in [1.54, 1.807) is 16.7 Å². The van der Waals surface area contributed by atoms with Crippen molar-refractivity contribution in [3.05, 3.63) is 94.4 Å². The minimum absolute atomic E-state index is 0.0290. The van der Waals surface area contributed by atoms with Crippen LogP contribution in [0.4, 0.5) is 11.4 Å². The minimum atomic E-state index is -0.0290. The molecule has 0 spiro atoms. The van der Waals surface area contributed by atoms with Crippen molar-refractivity contribution in [1.82, 2.24) is 4.90 Å². The van der Waals surface area contributed by atoms with Gasteiger partial charge < -0.3 is 9.64 Å². The molecule has 1 saturated heterocycles. The van der Waals surface area contributed by atoms with Crippen molar-refractivity contribution in [3.63, 3.8) is 0 Å². The van der Waals surface area contributed by atoms with Gasteiger partial charge in [0.25, 0.3) is 5.91 Å². The predicted octanol–water partition coefficient (Wildman–Crippen LogP) is 6.26. The highest BCUT2D eigenvalue weighted by molar-refractivity contribution is 8.19. The summed E-state index contributed by atoms with van der Waals surface area (Å²) in [5.74, 6) is 0.680. The van der Waals surface area contributed by atoms with Crippen LogP contribution in [0.5, 0.6) is 5.75 Å². The monoisotopic (exact) mass is 473 g/mol. The van der Waals surface area contributed by atoms with Crippen LogP contribution in [0.3, 0.4) is 0 Å². The van der Waals surface area contributed by atoms with Crippen LogP contribution in [-0.2, 0) is 11.3 Å². The van der Waals surface area contributed by atoms with Crippen LogP contribution in [0.25, 0.3) is 0 Å². The molecule has 33 heavy (non-hydrogen) atoms. The quantitative estimate of drug-likeness (QED) is 0.409. The van der Waals surface area contributed by atoms with Crippen molar-refractivity contribution in [2.75, 3.05) is 18.6 Å². The molecular formula is C26H23N3O2S2. The van der Waals surface area contributed by atoms with E-state index >= 15 is 0 Å². The van der Waals surface area contributed by atoms with Gasteiger partial charge in [-0.1, -0.05) is 66.4 Å². The molecule has 7 heteroatoms. The second kappa shape index (κ2) is 9.37. The lowest BCUT2D eigenvalue weighted by Crippen LogP contribution is -2.29. The fraction of sp³-hybridized carbons (Fsp3) is 0.154. The summed E-state index contributed by atoms with van der Waals surface area (Å²) >= 11 is 3.06. The standard InChI is InChI=1S/C26H23N3O2S2/c1-3-31-21-15-9-7-13-19(21)27-26-29(17-18-11-5-4-6-12-18)24(30)23(33-26)25-28(2)20-14-8-10-16-22(20)32-25/h4-16H,3,17H2,1-2H3. The topological polar surface area (TPSA) is 45.1 Å². The Hall–Kier alpha value is -3.16. The van der Waals surface area contributed by atoms with E-state index in [0.717, 1.165) is 26.9 Å². The molecule has 0 aliphatic carbocycles. The highest BCUT2D eigenvalue weighted by Crippen LogP contribution is 2.50. The van der Waals surface area contributed by atoms with Crippen molar-refractivity contribution in [1.29, 1.82) is 0 Å². The predicted molar refractivity (Wildman–Crippen MR) is 137 cm³/mol. The number of hydrogen-bond acceptors (Lipinski definition) is 6. The summed E-state index contributed by atoms with van der Waals surface area (Å²) in [6, 6.07) is 25.9. The van der Waals surface area contributed by atoms with Crippen LogP contribution in [0.15, 0.2) is 98.7 Å². The molecule has 1 amide bonds. The first-order valence-corrected chi connectivity index (χ1v) is 12.4. The third-order valence-electron chi connectivity index (χ3n) is 5.36. The lowest BCUT2D eigenvalue weighted by molar-refractivity contribution is -0.122. The molecular weight excluding hydrogens is 450 g/mol. The molecule has 0 bridgehead atoms. The summed E-state index contributed by atoms with van der Waals surface area (Å²) in [6.07, 6.45) is 0. The van der Waals surface area contributed by atoms with Crippen molar-refractivity contribution >= 4 is 46.0 Å². The Morgan fingerprint density at radius 2 is 1.64 bits per heavy atom. The van der Waals surface area contributed by atoms with E-state index in [-0.39, 0.29) is 5.91 Å². The fourth-order valence-electron chi connectivity index (χ4n) is 3.75. The van der Waals surface area contributed by atoms with Crippen LogP contribution in [0.2, 0.25) is 0 Å². The highest BCUT2D eigenvalue weighted by Gasteiger charge is 2.39. The van der Waals surface area contributed by atoms with E-state index in [4.69, 9.17) is 9.73 Å². The smallest absolute Gasteiger partial charge is 0.269 e. The number of amides is 1. The van der Waals surface area contributed by atoms with Gasteiger partial charge in [-0.15, -0.1) is 0 Å². The van der Waals surface area contributed by atoms with Crippen molar-refractivity contribution in [2.24, 2.45) is 4.99 Å². The van der Waals surface area contributed by atoms with Gasteiger partial charge in [-0.05, 0) is 48.5 Å². The largest absolute Gasteiger partial charge is 0.492 e. The summed E-state index contributed by atoms with van der Waals surface area (Å²) in [6.45, 7) is 2.96. The van der Waals surface area contributed by atoms with Crippen LogP contribution >= 0.6 is 23.5 Å². The molecule has 5 nitrogen and oxygen atoms in total. The first kappa shape index (κ1) is 21.7. The van der Waals surface area contributed by atoms with Gasteiger partial charge in [-0.25, -0.2) is 4.99 Å². The Morgan fingerprint density at radius 3 is 2.42 bits per heavy atom. The van der Waals surface area contributed by atoms with Gasteiger partial charge in [-0.3, -0.25) is 9.69 Å². The second-order valence-corrected chi connectivity index (χ2v) is 9.55. The van der Waals surface area contributed by atoms with Crippen LogP contribution < -0.4 is 9.64 Å². The number of carbonyl (C=O) groups excluding carboxylic acids is 1. The molecule has 3 aromatic carbocycles. The lowest BCUT2D eigenvalue weighted by Gasteiger charge is -2.17. The van der Waals surface area contributed by atoms with Gasteiger partial charge in [0, 0.05) is 11.9 Å². The Morgan fingerprint density at radius 1 is 0.909 bits per heavy atom. The van der Waals surface area contributed by atoms with E-state index in [2.05, 4.69) is 17.0 Å². The van der Waals surface area contributed by atoms with Gasteiger partial charge in [0.05, 0.1) is 23.9 Å². The number of carbonyl (C=O) groups is 1. The molecule has 166 valence electrons. The SMILES string of the molecule is CCOc1ccccc1N=C1SC(=C2Sc3ccccc3N2C)C(=O)N1Cc1ccccc1. The average Bonchev–Trinajstić information content (AvgIpc) is 3.33. The zero-order chi connectivity index (χ0) is 22.8. The van der Waals surface area contributed by atoms with Gasteiger partial charge in [0.2, 0.25) is 0 Å². The molecule has 0 unspecified atom stereocenters. The molecule has 3 aromatic rings. The number of aliphatic imine (C=N–C) groups is 1.